The zero-order valence-electron chi connectivity index (χ0n) is 12.7. The molecule has 6 heteroatoms. The molecule has 0 fully saturated rings. The van der Waals surface area contributed by atoms with Gasteiger partial charge in [0.15, 0.2) is 4.96 Å². The van der Waals surface area contributed by atoms with E-state index in [-0.39, 0.29) is 11.5 Å². The van der Waals surface area contributed by atoms with E-state index in [0.717, 1.165) is 16.6 Å². The zero-order valence-corrected chi connectivity index (χ0v) is 13.5. The van der Waals surface area contributed by atoms with E-state index in [1.807, 2.05) is 24.3 Å². The third-order valence-corrected chi connectivity index (χ3v) is 4.74. The first-order chi connectivity index (χ1) is 11.7. The average Bonchev–Trinajstić information content (AvgIpc) is 3.12. The molecule has 0 aliphatic heterocycles. The van der Waals surface area contributed by atoms with Crippen molar-refractivity contribution in [3.63, 3.8) is 0 Å². The van der Waals surface area contributed by atoms with Crippen molar-refractivity contribution in [1.82, 2.24) is 9.38 Å². The van der Waals surface area contributed by atoms with Crippen LogP contribution in [-0.2, 0) is 4.74 Å². The monoisotopic (exact) mass is 336 g/mol. The Bertz CT molecular complexity index is 1170. The molecule has 4 aromatic rings. The number of esters is 1. The Kier molecular flexibility index (Phi) is 3.39. The van der Waals surface area contributed by atoms with E-state index in [1.165, 1.54) is 18.4 Å². The van der Waals surface area contributed by atoms with Crippen molar-refractivity contribution in [2.24, 2.45) is 0 Å². The number of nitrogens with zero attached hydrogens (tertiary/aromatic N) is 2. The summed E-state index contributed by atoms with van der Waals surface area (Å²) >= 11 is 1.35. The van der Waals surface area contributed by atoms with Gasteiger partial charge in [-0.3, -0.25) is 4.79 Å². The van der Waals surface area contributed by atoms with Crippen molar-refractivity contribution in [1.29, 1.82) is 0 Å². The Hall–Kier alpha value is -2.99. The fraction of sp³-hybridized carbons (Fsp3) is 0.0556. The molecule has 0 radical (unpaired) electrons. The van der Waals surface area contributed by atoms with Crippen LogP contribution in [0, 0.1) is 0 Å². The van der Waals surface area contributed by atoms with Gasteiger partial charge in [0.25, 0.3) is 5.56 Å². The molecule has 118 valence electrons. The second-order valence-electron chi connectivity index (χ2n) is 5.25. The number of carbonyl (C=O) groups excluding carboxylic acids is 1. The number of imidazole rings is 1. The van der Waals surface area contributed by atoms with Crippen LogP contribution in [0.25, 0.3) is 22.1 Å². The minimum atomic E-state index is -0.382. The van der Waals surface area contributed by atoms with Crippen molar-refractivity contribution in [2.45, 2.75) is 0 Å². The van der Waals surface area contributed by atoms with Crippen LogP contribution in [0.5, 0.6) is 0 Å². The van der Waals surface area contributed by atoms with Gasteiger partial charge in [0.05, 0.1) is 28.2 Å². The van der Waals surface area contributed by atoms with Crippen LogP contribution in [0.4, 0.5) is 0 Å². The maximum atomic E-state index is 12.7. The molecule has 5 nitrogen and oxygen atoms in total. The number of methoxy groups -OCH3 is 1. The molecule has 0 atom stereocenters. The molecule has 2 aromatic carbocycles. The summed E-state index contributed by atoms with van der Waals surface area (Å²) in [6, 6.07) is 14.5. The zero-order chi connectivity index (χ0) is 16.7. The molecule has 2 heterocycles. The molecule has 0 amide bonds. The number of thiazole rings is 1. The molecule has 0 spiro atoms. The van der Waals surface area contributed by atoms with Gasteiger partial charge in [-0.05, 0) is 35.9 Å². The van der Waals surface area contributed by atoms with Crippen molar-refractivity contribution in [2.75, 3.05) is 7.11 Å². The molecule has 0 bridgehead atoms. The van der Waals surface area contributed by atoms with Crippen LogP contribution >= 0.6 is 11.3 Å². The highest BCUT2D eigenvalue weighted by Crippen LogP contribution is 2.15. The highest BCUT2D eigenvalue weighted by atomic mass is 32.1. The third kappa shape index (κ3) is 2.28. The molecule has 0 saturated heterocycles. The smallest absolute Gasteiger partial charge is 0.337 e. The van der Waals surface area contributed by atoms with E-state index in [4.69, 9.17) is 0 Å². The quantitative estimate of drug-likeness (QED) is 0.527. The summed E-state index contributed by atoms with van der Waals surface area (Å²) in [5, 5.41) is 0. The predicted octanol–water partition coefficient (Wildman–Crippen LogP) is 2.24. The molecule has 4 rings (SSSR count). The van der Waals surface area contributed by atoms with Gasteiger partial charge in [0.2, 0.25) is 0 Å². The number of ether oxygens (including phenoxy) is 1. The predicted molar refractivity (Wildman–Crippen MR) is 93.4 cm³/mol. The fourth-order valence-electron chi connectivity index (χ4n) is 2.60. The van der Waals surface area contributed by atoms with Crippen LogP contribution in [0.15, 0.2) is 53.3 Å². The summed E-state index contributed by atoms with van der Waals surface area (Å²) < 4.78 is 6.91. The number of hydrogen-bond acceptors (Lipinski definition) is 5. The molecule has 0 aliphatic rings. The molecule has 2 aromatic heterocycles. The van der Waals surface area contributed by atoms with Crippen molar-refractivity contribution >= 4 is 39.4 Å². The lowest BCUT2D eigenvalue weighted by molar-refractivity contribution is 0.0600. The van der Waals surface area contributed by atoms with E-state index in [9.17, 15) is 9.59 Å². The van der Waals surface area contributed by atoms with E-state index in [2.05, 4.69) is 9.72 Å². The van der Waals surface area contributed by atoms with Gasteiger partial charge in [-0.25, -0.2) is 14.2 Å². The minimum Gasteiger partial charge on any atom is -0.465 e. The molecule has 0 unspecified atom stereocenters. The van der Waals surface area contributed by atoms with Crippen LogP contribution in [0.2, 0.25) is 0 Å². The van der Waals surface area contributed by atoms with Gasteiger partial charge in [-0.1, -0.05) is 35.6 Å². The highest BCUT2D eigenvalue weighted by Gasteiger charge is 2.10. The second-order valence-corrected chi connectivity index (χ2v) is 6.26. The standard InChI is InChI=1S/C18H12N2O3S/c1-23-17(22)12-8-6-11(7-9-12)10-15-16(21)20-14-5-3-2-4-13(14)19-18(20)24-15/h2-10H,1H3/b15-10-. The lowest BCUT2D eigenvalue weighted by atomic mass is 10.1. The number of hydrogen-bond donors (Lipinski definition) is 0. The Morgan fingerprint density at radius 1 is 1.17 bits per heavy atom. The maximum Gasteiger partial charge on any atom is 0.337 e. The third-order valence-electron chi connectivity index (χ3n) is 3.77. The number of rotatable bonds is 2. The molecule has 24 heavy (non-hydrogen) atoms. The maximum absolute atomic E-state index is 12.7. The minimum absolute atomic E-state index is 0.0826. The number of carbonyl (C=O) groups is 1. The summed E-state index contributed by atoms with van der Waals surface area (Å²) in [5.74, 6) is -0.382. The first kappa shape index (κ1) is 14.6. The van der Waals surface area contributed by atoms with Gasteiger partial charge < -0.3 is 4.74 Å². The first-order valence-electron chi connectivity index (χ1n) is 7.27. The Balaban J connectivity index is 1.84. The van der Waals surface area contributed by atoms with Crippen LogP contribution in [0.3, 0.4) is 0 Å². The summed E-state index contributed by atoms with van der Waals surface area (Å²) in [5.41, 5.74) is 2.86. The van der Waals surface area contributed by atoms with Gasteiger partial charge in [0.1, 0.15) is 0 Å². The van der Waals surface area contributed by atoms with Gasteiger partial charge in [-0.2, -0.15) is 0 Å². The van der Waals surface area contributed by atoms with Gasteiger partial charge in [0, 0.05) is 0 Å². The normalized spacial score (nSPS) is 12.1. The average molecular weight is 336 g/mol. The molecule has 0 N–H and O–H groups in total. The van der Waals surface area contributed by atoms with Gasteiger partial charge >= 0.3 is 5.97 Å². The van der Waals surface area contributed by atoms with Crippen molar-refractivity contribution in [3.8, 4) is 0 Å². The molecular formula is C18H12N2O3S. The van der Waals surface area contributed by atoms with E-state index in [1.54, 1.807) is 34.7 Å². The Morgan fingerprint density at radius 3 is 2.67 bits per heavy atom. The lowest BCUT2D eigenvalue weighted by Gasteiger charge is -1.98. The van der Waals surface area contributed by atoms with Crippen molar-refractivity contribution in [3.05, 3.63) is 74.5 Å². The summed E-state index contributed by atoms with van der Waals surface area (Å²) in [6.45, 7) is 0. The van der Waals surface area contributed by atoms with Crippen LogP contribution in [-0.4, -0.2) is 22.5 Å². The fourth-order valence-corrected chi connectivity index (χ4v) is 3.58. The SMILES string of the molecule is COC(=O)c1ccc(/C=c2\sc3nc4ccccc4n3c2=O)cc1. The van der Waals surface area contributed by atoms with E-state index >= 15 is 0 Å². The topological polar surface area (TPSA) is 60.7 Å². The largest absolute Gasteiger partial charge is 0.465 e. The van der Waals surface area contributed by atoms with Crippen LogP contribution < -0.4 is 10.1 Å². The number of aromatic nitrogens is 2. The highest BCUT2D eigenvalue weighted by molar-refractivity contribution is 7.15. The number of benzene rings is 2. The summed E-state index contributed by atoms with van der Waals surface area (Å²) in [4.78, 5) is 29.3. The Morgan fingerprint density at radius 2 is 1.92 bits per heavy atom. The summed E-state index contributed by atoms with van der Waals surface area (Å²) in [6.07, 6.45) is 1.80. The van der Waals surface area contributed by atoms with E-state index in [0.29, 0.717) is 15.1 Å². The molecule has 0 aliphatic carbocycles. The van der Waals surface area contributed by atoms with Crippen LogP contribution in [0.1, 0.15) is 15.9 Å². The van der Waals surface area contributed by atoms with E-state index < -0.39 is 0 Å². The Labute approximate surface area is 140 Å². The summed E-state index contributed by atoms with van der Waals surface area (Å²) in [7, 11) is 1.35. The van der Waals surface area contributed by atoms with Gasteiger partial charge in [-0.15, -0.1) is 0 Å². The molecular weight excluding hydrogens is 324 g/mol. The number of para-hydroxylation sites is 2. The number of fused-ring (bicyclic) bond motifs is 3. The first-order valence-corrected chi connectivity index (χ1v) is 8.09. The van der Waals surface area contributed by atoms with Crippen molar-refractivity contribution < 1.29 is 9.53 Å². The molecule has 0 saturated carbocycles. The lowest BCUT2D eigenvalue weighted by Crippen LogP contribution is -2.22. The second kappa shape index (κ2) is 5.58.